The molecule has 0 saturated heterocycles. The molecule has 0 heterocycles. The number of rotatable bonds is 5. The van der Waals surface area contributed by atoms with Crippen LogP contribution in [0.25, 0.3) is 10.8 Å². The Morgan fingerprint density at radius 1 is 0.903 bits per heavy atom. The second-order valence-corrected chi connectivity index (χ2v) is 8.53. The molecule has 3 aromatic rings. The van der Waals surface area contributed by atoms with E-state index in [1.54, 1.807) is 6.07 Å². The lowest BCUT2D eigenvalue weighted by Crippen LogP contribution is -2.11. The zero-order chi connectivity index (χ0) is 21.6. The summed E-state index contributed by atoms with van der Waals surface area (Å²) in [6, 6.07) is 18.2. The van der Waals surface area contributed by atoms with Gasteiger partial charge in [-0.15, -0.1) is 13.2 Å². The Kier molecular flexibility index (Phi) is 6.68. The van der Waals surface area contributed by atoms with Crippen molar-refractivity contribution in [3.05, 3.63) is 108 Å². The van der Waals surface area contributed by atoms with Crippen LogP contribution >= 0.6 is 0 Å². The van der Waals surface area contributed by atoms with Crippen molar-refractivity contribution in [2.75, 3.05) is 0 Å². The van der Waals surface area contributed by atoms with E-state index in [0.717, 1.165) is 23.8 Å². The molecule has 0 radical (unpaired) electrons. The maximum atomic E-state index is 15.0. The largest absolute Gasteiger partial charge is 0.205 e. The van der Waals surface area contributed by atoms with E-state index in [2.05, 4.69) is 61.4 Å². The van der Waals surface area contributed by atoms with E-state index >= 15 is 0 Å². The van der Waals surface area contributed by atoms with Gasteiger partial charge in [0.1, 0.15) is 5.82 Å². The smallest absolute Gasteiger partial charge is 0.146 e. The average molecular weight is 409 g/mol. The van der Waals surface area contributed by atoms with Gasteiger partial charge in [-0.25, -0.2) is 4.39 Å². The molecular weight excluding hydrogens is 379 g/mol. The summed E-state index contributed by atoms with van der Waals surface area (Å²) in [4.78, 5) is 0. The minimum atomic E-state index is -0.240. The molecule has 0 amide bonds. The van der Waals surface area contributed by atoms with Crippen molar-refractivity contribution in [3.8, 4) is 11.8 Å². The highest BCUT2D eigenvalue weighted by atomic mass is 19.1. The third-order valence-corrected chi connectivity index (χ3v) is 6.48. The fourth-order valence-corrected chi connectivity index (χ4v) is 4.53. The molecule has 1 aliphatic carbocycles. The second-order valence-electron chi connectivity index (χ2n) is 8.53. The van der Waals surface area contributed by atoms with Gasteiger partial charge in [-0.05, 0) is 85.1 Å². The van der Waals surface area contributed by atoms with E-state index in [-0.39, 0.29) is 5.82 Å². The number of hydrogen-bond acceptors (Lipinski definition) is 0. The number of benzene rings is 3. The third-order valence-electron chi connectivity index (χ3n) is 6.48. The van der Waals surface area contributed by atoms with E-state index in [1.165, 1.54) is 36.8 Å². The van der Waals surface area contributed by atoms with Crippen LogP contribution in [0.1, 0.15) is 60.3 Å². The molecule has 0 aliphatic heterocycles. The van der Waals surface area contributed by atoms with Gasteiger partial charge in [0, 0.05) is 10.9 Å². The van der Waals surface area contributed by atoms with Gasteiger partial charge in [-0.1, -0.05) is 60.4 Å². The summed E-state index contributed by atoms with van der Waals surface area (Å²) >= 11 is 0. The first kappa shape index (κ1) is 21.1. The molecule has 0 bridgehead atoms. The molecule has 1 aliphatic rings. The summed E-state index contributed by atoms with van der Waals surface area (Å²) in [5, 5.41) is 1.54. The van der Waals surface area contributed by atoms with Gasteiger partial charge in [0.15, 0.2) is 0 Å². The van der Waals surface area contributed by atoms with Gasteiger partial charge < -0.3 is 0 Å². The third kappa shape index (κ3) is 4.97. The summed E-state index contributed by atoms with van der Waals surface area (Å²) in [5.41, 5.74) is 3.95. The Morgan fingerprint density at radius 2 is 1.68 bits per heavy atom. The van der Waals surface area contributed by atoms with Gasteiger partial charge in [-0.3, -0.25) is 0 Å². The first-order valence-corrected chi connectivity index (χ1v) is 11.2. The van der Waals surface area contributed by atoms with Crippen molar-refractivity contribution in [3.63, 3.8) is 0 Å². The predicted octanol–water partition coefficient (Wildman–Crippen LogP) is 7.96. The predicted molar refractivity (Wildman–Crippen MR) is 130 cm³/mol. The quantitative estimate of drug-likeness (QED) is 0.297. The highest BCUT2D eigenvalue weighted by Crippen LogP contribution is 2.36. The van der Waals surface area contributed by atoms with Crippen LogP contribution in [-0.2, 0) is 6.42 Å². The van der Waals surface area contributed by atoms with Crippen molar-refractivity contribution in [1.82, 2.24) is 0 Å². The number of halogens is 1. The summed E-state index contributed by atoms with van der Waals surface area (Å²) in [5.74, 6) is 7.24. The van der Waals surface area contributed by atoms with E-state index < -0.39 is 0 Å². The molecule has 1 saturated carbocycles. The van der Waals surface area contributed by atoms with Gasteiger partial charge >= 0.3 is 0 Å². The molecular formula is C30H29F. The van der Waals surface area contributed by atoms with E-state index in [4.69, 9.17) is 0 Å². The Hall–Kier alpha value is -3.11. The second kappa shape index (κ2) is 9.80. The highest BCUT2D eigenvalue weighted by Gasteiger charge is 2.20. The van der Waals surface area contributed by atoms with Gasteiger partial charge in [0.25, 0.3) is 0 Å². The van der Waals surface area contributed by atoms with Gasteiger partial charge in [0.2, 0.25) is 0 Å². The molecule has 0 unspecified atom stereocenters. The molecule has 1 heteroatoms. The molecule has 31 heavy (non-hydrogen) atoms. The highest BCUT2D eigenvalue weighted by molar-refractivity contribution is 5.85. The van der Waals surface area contributed by atoms with Gasteiger partial charge in [0.05, 0.1) is 5.56 Å². The van der Waals surface area contributed by atoms with Crippen molar-refractivity contribution >= 4 is 10.8 Å². The van der Waals surface area contributed by atoms with E-state index in [0.29, 0.717) is 22.8 Å². The molecule has 0 spiro atoms. The van der Waals surface area contributed by atoms with Crippen LogP contribution in [0.5, 0.6) is 0 Å². The maximum Gasteiger partial charge on any atom is 0.146 e. The zero-order valence-corrected chi connectivity index (χ0v) is 18.0. The lowest BCUT2D eigenvalue weighted by molar-refractivity contribution is 0.376. The van der Waals surface area contributed by atoms with Crippen molar-refractivity contribution < 1.29 is 4.39 Å². The SMILES string of the molecule is C=CCCc1ccc2c(F)c(C#Cc3ccc(C4CCC(C=C)CC4)cc3)ccc2c1. The summed E-state index contributed by atoms with van der Waals surface area (Å²) in [6.45, 7) is 7.70. The standard InChI is InChI=1S/C30H29F/c1-3-5-6-24-12-20-29-28(21-24)19-18-27(30(29)31)17-11-23-9-15-26(16-10-23)25-13-7-22(4-2)8-14-25/h3-4,9-10,12,15-16,18-22,25H,1-2,5-8,13-14H2. The topological polar surface area (TPSA) is 0 Å². The average Bonchev–Trinajstić information content (AvgIpc) is 2.82. The summed E-state index contributed by atoms with van der Waals surface area (Å²) in [6.07, 6.45) is 10.8. The molecule has 1 fully saturated rings. The lowest BCUT2D eigenvalue weighted by Gasteiger charge is -2.26. The Balaban J connectivity index is 1.49. The molecule has 0 nitrogen and oxygen atoms in total. The van der Waals surface area contributed by atoms with Crippen LogP contribution < -0.4 is 0 Å². The lowest BCUT2D eigenvalue weighted by atomic mass is 9.79. The number of aryl methyl sites for hydroxylation is 1. The van der Waals surface area contributed by atoms with Crippen LogP contribution in [0, 0.1) is 23.6 Å². The van der Waals surface area contributed by atoms with Crippen molar-refractivity contribution in [1.29, 1.82) is 0 Å². The van der Waals surface area contributed by atoms with Gasteiger partial charge in [-0.2, -0.15) is 0 Å². The fourth-order valence-electron chi connectivity index (χ4n) is 4.53. The minimum absolute atomic E-state index is 0.240. The number of hydrogen-bond donors (Lipinski definition) is 0. The van der Waals surface area contributed by atoms with Crippen LogP contribution in [0.3, 0.4) is 0 Å². The Bertz CT molecular complexity index is 1130. The van der Waals surface area contributed by atoms with Crippen LogP contribution in [0.2, 0.25) is 0 Å². The first-order chi connectivity index (χ1) is 15.2. The van der Waals surface area contributed by atoms with Crippen LogP contribution in [-0.4, -0.2) is 0 Å². The Labute approximate surface area is 185 Å². The van der Waals surface area contributed by atoms with E-state index in [9.17, 15) is 4.39 Å². The first-order valence-electron chi connectivity index (χ1n) is 11.2. The number of allylic oxidation sites excluding steroid dienone is 2. The molecule has 0 atom stereocenters. The van der Waals surface area contributed by atoms with Crippen LogP contribution in [0.15, 0.2) is 79.9 Å². The Morgan fingerprint density at radius 3 is 2.39 bits per heavy atom. The summed E-state index contributed by atoms with van der Waals surface area (Å²) in [7, 11) is 0. The van der Waals surface area contributed by atoms with Crippen molar-refractivity contribution in [2.45, 2.75) is 44.4 Å². The minimum Gasteiger partial charge on any atom is -0.205 e. The maximum absolute atomic E-state index is 15.0. The fraction of sp³-hybridized carbons (Fsp3) is 0.267. The van der Waals surface area contributed by atoms with Crippen molar-refractivity contribution in [2.24, 2.45) is 5.92 Å². The monoisotopic (exact) mass is 408 g/mol. The molecule has 0 aromatic heterocycles. The number of fused-ring (bicyclic) bond motifs is 1. The molecule has 156 valence electrons. The normalized spacial score (nSPS) is 18.2. The zero-order valence-electron chi connectivity index (χ0n) is 18.0. The van der Waals surface area contributed by atoms with E-state index in [1.807, 2.05) is 24.3 Å². The molecule has 4 rings (SSSR count). The molecule has 3 aromatic carbocycles. The van der Waals surface area contributed by atoms with Crippen LogP contribution in [0.4, 0.5) is 4.39 Å². The summed E-state index contributed by atoms with van der Waals surface area (Å²) < 4.78 is 15.0. The molecule has 0 N–H and O–H groups in total.